The van der Waals surface area contributed by atoms with Crippen molar-refractivity contribution in [3.63, 3.8) is 0 Å². The molecule has 0 bridgehead atoms. The number of hydrogen-bond donors (Lipinski definition) is 1. The van der Waals surface area contributed by atoms with Gasteiger partial charge in [0.2, 0.25) is 5.91 Å². The lowest BCUT2D eigenvalue weighted by Gasteiger charge is -2.04. The molecule has 0 fully saturated rings. The number of benzene rings is 1. The fraction of sp³-hybridized carbons (Fsp3) is 0.208. The quantitative estimate of drug-likeness (QED) is 0.444. The van der Waals surface area contributed by atoms with Gasteiger partial charge in [0.05, 0.1) is 17.9 Å². The summed E-state index contributed by atoms with van der Waals surface area (Å²) >= 11 is 6.52. The van der Waals surface area contributed by atoms with Crippen LogP contribution >= 0.6 is 11.6 Å². The van der Waals surface area contributed by atoms with Gasteiger partial charge < -0.3 is 9.72 Å². The zero-order valence-electron chi connectivity index (χ0n) is 17.5. The van der Waals surface area contributed by atoms with E-state index >= 15 is 0 Å². The van der Waals surface area contributed by atoms with Crippen molar-refractivity contribution in [1.82, 2.24) is 24.5 Å². The Labute approximate surface area is 186 Å². The predicted octanol–water partition coefficient (Wildman–Crippen LogP) is 4.22. The molecular formula is C24H24ClN5O. The number of carbonyl (C=O) groups is 1. The molecule has 0 atom stereocenters. The first-order chi connectivity index (χ1) is 15.0. The fourth-order valence-electron chi connectivity index (χ4n) is 3.37. The van der Waals surface area contributed by atoms with Crippen LogP contribution in [0.1, 0.15) is 28.1 Å². The van der Waals surface area contributed by atoms with Gasteiger partial charge in [-0.1, -0.05) is 47.5 Å². The van der Waals surface area contributed by atoms with E-state index in [-0.39, 0.29) is 5.91 Å². The van der Waals surface area contributed by atoms with Crippen molar-refractivity contribution in [2.45, 2.75) is 26.8 Å². The molecule has 158 valence electrons. The molecule has 31 heavy (non-hydrogen) atoms. The SMILES string of the molecule is Cc1ccc(Cn2nc(C)c(/C=C/C(=O)NCCc3cn4ccccc4n3)c2Cl)cc1. The number of halogens is 1. The third-order valence-electron chi connectivity index (χ3n) is 5.06. The molecular weight excluding hydrogens is 410 g/mol. The number of amides is 1. The molecule has 0 spiro atoms. The van der Waals surface area contributed by atoms with Crippen LogP contribution in [0.5, 0.6) is 0 Å². The highest BCUT2D eigenvalue weighted by atomic mass is 35.5. The second-order valence-corrected chi connectivity index (χ2v) is 7.86. The Morgan fingerprint density at radius 2 is 1.97 bits per heavy atom. The van der Waals surface area contributed by atoms with Gasteiger partial charge in [-0.3, -0.25) is 4.79 Å². The molecule has 0 saturated carbocycles. The van der Waals surface area contributed by atoms with E-state index in [2.05, 4.69) is 46.6 Å². The van der Waals surface area contributed by atoms with Crippen molar-refractivity contribution in [2.75, 3.05) is 6.54 Å². The maximum absolute atomic E-state index is 12.2. The Hall–Kier alpha value is -3.38. The van der Waals surface area contributed by atoms with E-state index in [4.69, 9.17) is 11.6 Å². The Kier molecular flexibility index (Phi) is 6.18. The average molecular weight is 434 g/mol. The standard InChI is InChI=1S/C24H24ClN5O/c1-17-6-8-19(9-7-17)15-30-24(25)21(18(2)28-30)10-11-23(31)26-13-12-20-16-29-14-4-3-5-22(29)27-20/h3-11,14,16H,12-13,15H2,1-2H3,(H,26,31)/b11-10+. The molecule has 4 rings (SSSR count). The van der Waals surface area contributed by atoms with Gasteiger partial charge >= 0.3 is 0 Å². The van der Waals surface area contributed by atoms with Crippen molar-refractivity contribution < 1.29 is 4.79 Å². The van der Waals surface area contributed by atoms with Gasteiger partial charge in [0, 0.05) is 37.0 Å². The van der Waals surface area contributed by atoms with E-state index in [1.807, 2.05) is 41.9 Å². The van der Waals surface area contributed by atoms with E-state index < -0.39 is 0 Å². The van der Waals surface area contributed by atoms with Crippen LogP contribution in [-0.2, 0) is 17.8 Å². The topological polar surface area (TPSA) is 64.2 Å². The smallest absolute Gasteiger partial charge is 0.244 e. The third-order valence-corrected chi connectivity index (χ3v) is 5.46. The average Bonchev–Trinajstić information content (AvgIpc) is 3.28. The normalized spacial score (nSPS) is 11.5. The van der Waals surface area contributed by atoms with Crippen LogP contribution in [0.3, 0.4) is 0 Å². The van der Waals surface area contributed by atoms with Crippen LogP contribution < -0.4 is 5.32 Å². The minimum atomic E-state index is -0.175. The lowest BCUT2D eigenvalue weighted by molar-refractivity contribution is -0.116. The highest BCUT2D eigenvalue weighted by molar-refractivity contribution is 6.31. The minimum Gasteiger partial charge on any atom is -0.352 e. The molecule has 0 aliphatic rings. The van der Waals surface area contributed by atoms with Crippen molar-refractivity contribution in [3.8, 4) is 0 Å². The summed E-state index contributed by atoms with van der Waals surface area (Å²) in [5.74, 6) is -0.175. The first-order valence-electron chi connectivity index (χ1n) is 10.2. The minimum absolute atomic E-state index is 0.175. The highest BCUT2D eigenvalue weighted by Crippen LogP contribution is 2.22. The molecule has 0 aliphatic carbocycles. The molecule has 1 amide bonds. The van der Waals surface area contributed by atoms with E-state index in [9.17, 15) is 4.79 Å². The van der Waals surface area contributed by atoms with Crippen LogP contribution in [-0.4, -0.2) is 31.6 Å². The summed E-state index contributed by atoms with van der Waals surface area (Å²) in [4.78, 5) is 16.8. The Bertz CT molecular complexity index is 1200. The molecule has 1 aromatic carbocycles. The number of fused-ring (bicyclic) bond motifs is 1. The Morgan fingerprint density at radius 1 is 1.16 bits per heavy atom. The van der Waals surface area contributed by atoms with Gasteiger partial charge in [-0.05, 0) is 37.6 Å². The maximum atomic E-state index is 12.2. The fourth-order valence-corrected chi connectivity index (χ4v) is 3.66. The molecule has 0 aliphatic heterocycles. The summed E-state index contributed by atoms with van der Waals surface area (Å²) in [6.45, 7) is 5.03. The van der Waals surface area contributed by atoms with Crippen molar-refractivity contribution in [1.29, 1.82) is 0 Å². The molecule has 6 nitrogen and oxygen atoms in total. The summed E-state index contributed by atoms with van der Waals surface area (Å²) in [5.41, 5.74) is 5.70. The number of aryl methyl sites for hydroxylation is 2. The Morgan fingerprint density at radius 3 is 2.74 bits per heavy atom. The van der Waals surface area contributed by atoms with Gasteiger partial charge in [-0.2, -0.15) is 5.10 Å². The molecule has 7 heteroatoms. The van der Waals surface area contributed by atoms with Crippen molar-refractivity contribution in [2.24, 2.45) is 0 Å². The zero-order chi connectivity index (χ0) is 21.8. The van der Waals surface area contributed by atoms with E-state index in [0.29, 0.717) is 24.7 Å². The van der Waals surface area contributed by atoms with Crippen LogP contribution in [0, 0.1) is 13.8 Å². The molecule has 4 aromatic rings. The van der Waals surface area contributed by atoms with Gasteiger partial charge in [-0.25, -0.2) is 9.67 Å². The number of pyridine rings is 1. The van der Waals surface area contributed by atoms with Crippen LogP contribution in [0.25, 0.3) is 11.7 Å². The maximum Gasteiger partial charge on any atom is 0.244 e. The first kappa shape index (κ1) is 20.9. The second kappa shape index (κ2) is 9.18. The molecule has 1 N–H and O–H groups in total. The lowest BCUT2D eigenvalue weighted by atomic mass is 10.1. The summed E-state index contributed by atoms with van der Waals surface area (Å²) in [5, 5.41) is 7.93. The largest absolute Gasteiger partial charge is 0.352 e. The van der Waals surface area contributed by atoms with Gasteiger partial charge in [0.25, 0.3) is 0 Å². The number of imidazole rings is 1. The molecule has 0 radical (unpaired) electrons. The van der Waals surface area contributed by atoms with Gasteiger partial charge in [0.1, 0.15) is 10.8 Å². The number of hydrogen-bond acceptors (Lipinski definition) is 3. The summed E-state index contributed by atoms with van der Waals surface area (Å²) < 4.78 is 3.72. The summed E-state index contributed by atoms with van der Waals surface area (Å²) in [6, 6.07) is 14.1. The molecule has 0 unspecified atom stereocenters. The number of nitrogens with one attached hydrogen (secondary N) is 1. The molecule has 0 saturated heterocycles. The van der Waals surface area contributed by atoms with Crippen molar-refractivity contribution in [3.05, 3.63) is 94.2 Å². The van der Waals surface area contributed by atoms with E-state index in [1.165, 1.54) is 11.6 Å². The summed E-state index contributed by atoms with van der Waals surface area (Å²) in [6.07, 6.45) is 7.81. The number of aromatic nitrogens is 4. The van der Waals surface area contributed by atoms with Crippen LogP contribution in [0.15, 0.2) is 60.9 Å². The number of rotatable bonds is 7. The van der Waals surface area contributed by atoms with Gasteiger partial charge in [0.15, 0.2) is 0 Å². The predicted molar refractivity (Wildman–Crippen MR) is 123 cm³/mol. The first-order valence-corrected chi connectivity index (χ1v) is 10.5. The summed E-state index contributed by atoms with van der Waals surface area (Å²) in [7, 11) is 0. The van der Waals surface area contributed by atoms with E-state index in [0.717, 1.165) is 28.2 Å². The van der Waals surface area contributed by atoms with E-state index in [1.54, 1.807) is 10.8 Å². The van der Waals surface area contributed by atoms with Crippen molar-refractivity contribution >= 4 is 29.2 Å². The number of carbonyl (C=O) groups excluding carboxylic acids is 1. The molecule has 3 heterocycles. The van der Waals surface area contributed by atoms with Gasteiger partial charge in [-0.15, -0.1) is 0 Å². The highest BCUT2D eigenvalue weighted by Gasteiger charge is 2.12. The van der Waals surface area contributed by atoms with Crippen LogP contribution in [0.2, 0.25) is 5.15 Å². The monoisotopic (exact) mass is 433 g/mol. The second-order valence-electron chi connectivity index (χ2n) is 7.51. The third kappa shape index (κ3) is 5.03. The van der Waals surface area contributed by atoms with Crippen LogP contribution in [0.4, 0.5) is 0 Å². The lowest BCUT2D eigenvalue weighted by Crippen LogP contribution is -2.23. The number of nitrogens with zero attached hydrogens (tertiary/aromatic N) is 4. The zero-order valence-corrected chi connectivity index (χ0v) is 18.3. The Balaban J connectivity index is 1.34. The molecule has 3 aromatic heterocycles.